The molecule has 1 heterocycles. The highest BCUT2D eigenvalue weighted by Crippen LogP contribution is 2.34. The maximum Gasteiger partial charge on any atom is 0.164 e. The number of aliphatic hydroxyl groups excluding tert-OH is 1. The number of hydrogen-bond donors (Lipinski definition) is 2. The number of aliphatic hydroxyl groups is 1. The first-order valence-electron chi connectivity index (χ1n) is 6.98. The highest BCUT2D eigenvalue weighted by Gasteiger charge is 2.23. The van der Waals surface area contributed by atoms with Gasteiger partial charge in [-0.25, -0.2) is 0 Å². The highest BCUT2D eigenvalue weighted by atomic mass is 16.5. The second kappa shape index (κ2) is 6.81. The molecule has 0 aliphatic carbocycles. The van der Waals surface area contributed by atoms with Crippen molar-refractivity contribution < 1.29 is 24.2 Å². The fraction of sp³-hybridized carbons (Fsp3) is 0.600. The Hall–Kier alpha value is -1.46. The third-order valence-electron chi connectivity index (χ3n) is 3.82. The normalized spacial score (nSPS) is 22.4. The molecule has 1 saturated heterocycles. The van der Waals surface area contributed by atoms with Gasteiger partial charge in [0.2, 0.25) is 0 Å². The van der Waals surface area contributed by atoms with Gasteiger partial charge in [0.1, 0.15) is 24.9 Å². The minimum Gasteiger partial charge on any atom is -0.496 e. The zero-order valence-corrected chi connectivity index (χ0v) is 12.4. The molecule has 0 amide bonds. The minimum atomic E-state index is -0.190. The van der Waals surface area contributed by atoms with Gasteiger partial charge in [0.05, 0.1) is 33.4 Å². The average Bonchev–Trinajstić information content (AvgIpc) is 2.46. The number of nitrogens with one attached hydrogen (secondary N) is 1. The van der Waals surface area contributed by atoms with E-state index in [0.29, 0.717) is 11.5 Å². The molecule has 0 bridgehead atoms. The van der Waals surface area contributed by atoms with Gasteiger partial charge in [0, 0.05) is 6.07 Å². The lowest BCUT2D eigenvalue weighted by Gasteiger charge is -2.27. The van der Waals surface area contributed by atoms with Crippen molar-refractivity contribution >= 4 is 0 Å². The number of benzene rings is 1. The molecule has 2 rings (SSSR count). The van der Waals surface area contributed by atoms with Crippen LogP contribution < -0.4 is 19.1 Å². The number of ether oxygens (including phenoxy) is 3. The molecule has 0 aromatic heterocycles. The molecule has 0 spiro atoms. The van der Waals surface area contributed by atoms with E-state index in [1.807, 2.05) is 12.1 Å². The second-order valence-corrected chi connectivity index (χ2v) is 5.20. The largest absolute Gasteiger partial charge is 0.496 e. The monoisotopic (exact) mass is 282 g/mol. The van der Waals surface area contributed by atoms with E-state index in [2.05, 4.69) is 0 Å². The van der Waals surface area contributed by atoms with Gasteiger partial charge in [-0.15, -0.1) is 0 Å². The number of rotatable bonds is 5. The van der Waals surface area contributed by atoms with Crippen molar-refractivity contribution in [2.24, 2.45) is 0 Å². The Labute approximate surface area is 120 Å². The summed E-state index contributed by atoms with van der Waals surface area (Å²) in [7, 11) is 4.90. The second-order valence-electron chi connectivity index (χ2n) is 5.20. The molecule has 1 unspecified atom stereocenters. The molecule has 112 valence electrons. The van der Waals surface area contributed by atoms with E-state index in [0.717, 1.165) is 43.8 Å². The highest BCUT2D eigenvalue weighted by molar-refractivity contribution is 5.50. The van der Waals surface area contributed by atoms with E-state index in [4.69, 9.17) is 14.2 Å². The predicted molar refractivity (Wildman–Crippen MR) is 75.7 cm³/mol. The van der Waals surface area contributed by atoms with Crippen LogP contribution in [0.4, 0.5) is 0 Å². The third kappa shape index (κ3) is 3.35. The Morgan fingerprint density at radius 2 is 1.75 bits per heavy atom. The molecule has 1 aliphatic heterocycles. The van der Waals surface area contributed by atoms with E-state index in [1.165, 1.54) is 4.90 Å². The van der Waals surface area contributed by atoms with Crippen LogP contribution >= 0.6 is 0 Å². The molecule has 1 aromatic rings. The van der Waals surface area contributed by atoms with Crippen molar-refractivity contribution in [2.45, 2.75) is 25.5 Å². The predicted octanol–water partition coefficient (Wildman–Crippen LogP) is 0.252. The van der Waals surface area contributed by atoms with Crippen LogP contribution in [0.5, 0.6) is 17.2 Å². The SMILES string of the molecule is COc1cc(OC)c(OC)cc1C[NH+]1CCC[C@H](O)C1. The van der Waals surface area contributed by atoms with Crippen molar-refractivity contribution in [2.75, 3.05) is 34.4 Å². The van der Waals surface area contributed by atoms with Gasteiger partial charge in [0.25, 0.3) is 0 Å². The summed E-state index contributed by atoms with van der Waals surface area (Å²) in [4.78, 5) is 1.37. The summed E-state index contributed by atoms with van der Waals surface area (Å²) in [6.45, 7) is 2.69. The summed E-state index contributed by atoms with van der Waals surface area (Å²) in [6, 6.07) is 3.82. The number of likely N-dealkylation sites (tertiary alicyclic amines) is 1. The standard InChI is InChI=1S/C15H23NO4/c1-18-13-8-15(20-3)14(19-2)7-11(13)9-16-6-4-5-12(17)10-16/h7-8,12,17H,4-6,9-10H2,1-3H3/p+1/t12-/m0/s1. The van der Waals surface area contributed by atoms with E-state index in [-0.39, 0.29) is 6.10 Å². The Morgan fingerprint density at radius 3 is 2.35 bits per heavy atom. The number of piperidine rings is 1. The molecule has 1 aromatic carbocycles. The van der Waals surface area contributed by atoms with Crippen molar-refractivity contribution in [3.63, 3.8) is 0 Å². The summed E-state index contributed by atoms with van der Waals surface area (Å²) in [5.74, 6) is 2.18. The van der Waals surface area contributed by atoms with Gasteiger partial charge in [-0.2, -0.15) is 0 Å². The van der Waals surface area contributed by atoms with Gasteiger partial charge >= 0.3 is 0 Å². The van der Waals surface area contributed by atoms with Gasteiger partial charge in [-0.3, -0.25) is 0 Å². The van der Waals surface area contributed by atoms with Gasteiger partial charge < -0.3 is 24.2 Å². The minimum absolute atomic E-state index is 0.190. The molecule has 0 saturated carbocycles. The lowest BCUT2D eigenvalue weighted by Crippen LogP contribution is -3.12. The molecular weight excluding hydrogens is 258 g/mol. The van der Waals surface area contributed by atoms with Crippen LogP contribution in [-0.4, -0.2) is 45.6 Å². The Bertz CT molecular complexity index is 450. The molecule has 2 atom stereocenters. The van der Waals surface area contributed by atoms with Crippen molar-refractivity contribution in [3.8, 4) is 17.2 Å². The summed E-state index contributed by atoms with van der Waals surface area (Å²) >= 11 is 0. The van der Waals surface area contributed by atoms with Crippen molar-refractivity contribution in [1.29, 1.82) is 0 Å². The van der Waals surface area contributed by atoms with Crippen LogP contribution in [0.25, 0.3) is 0 Å². The first kappa shape index (κ1) is 14.9. The number of methoxy groups -OCH3 is 3. The topological polar surface area (TPSA) is 52.4 Å². The summed E-state index contributed by atoms with van der Waals surface area (Å²) in [6.07, 6.45) is 1.78. The number of quaternary nitrogens is 1. The average molecular weight is 282 g/mol. The fourth-order valence-corrected chi connectivity index (χ4v) is 2.79. The lowest BCUT2D eigenvalue weighted by atomic mass is 10.1. The van der Waals surface area contributed by atoms with Crippen molar-refractivity contribution in [3.05, 3.63) is 17.7 Å². The Kier molecular flexibility index (Phi) is 5.09. The Balaban J connectivity index is 2.21. The van der Waals surface area contributed by atoms with Crippen LogP contribution in [-0.2, 0) is 6.54 Å². The number of hydrogen-bond acceptors (Lipinski definition) is 4. The molecule has 2 N–H and O–H groups in total. The van der Waals surface area contributed by atoms with Crippen LogP contribution in [0, 0.1) is 0 Å². The fourth-order valence-electron chi connectivity index (χ4n) is 2.79. The summed E-state index contributed by atoms with van der Waals surface area (Å²) in [5, 5.41) is 9.77. The lowest BCUT2D eigenvalue weighted by molar-refractivity contribution is -0.921. The quantitative estimate of drug-likeness (QED) is 0.813. The Morgan fingerprint density at radius 1 is 1.10 bits per heavy atom. The maximum atomic E-state index is 9.77. The smallest absolute Gasteiger partial charge is 0.164 e. The van der Waals surface area contributed by atoms with Gasteiger partial charge in [-0.05, 0) is 18.9 Å². The van der Waals surface area contributed by atoms with Crippen LogP contribution in [0.2, 0.25) is 0 Å². The van der Waals surface area contributed by atoms with Gasteiger partial charge in [-0.1, -0.05) is 0 Å². The van der Waals surface area contributed by atoms with E-state index < -0.39 is 0 Å². The summed E-state index contributed by atoms with van der Waals surface area (Å²) in [5.41, 5.74) is 1.08. The maximum absolute atomic E-state index is 9.77. The molecule has 5 nitrogen and oxygen atoms in total. The molecule has 0 radical (unpaired) electrons. The molecule has 1 fully saturated rings. The molecule has 1 aliphatic rings. The van der Waals surface area contributed by atoms with Crippen LogP contribution in [0.3, 0.4) is 0 Å². The van der Waals surface area contributed by atoms with Crippen LogP contribution in [0.15, 0.2) is 12.1 Å². The van der Waals surface area contributed by atoms with E-state index in [9.17, 15) is 5.11 Å². The van der Waals surface area contributed by atoms with Gasteiger partial charge in [0.15, 0.2) is 11.5 Å². The first-order chi connectivity index (χ1) is 9.67. The van der Waals surface area contributed by atoms with E-state index in [1.54, 1.807) is 21.3 Å². The zero-order valence-electron chi connectivity index (χ0n) is 12.4. The van der Waals surface area contributed by atoms with E-state index >= 15 is 0 Å². The molecular formula is C15H24NO4+. The first-order valence-corrected chi connectivity index (χ1v) is 6.98. The molecule has 5 heteroatoms. The third-order valence-corrected chi connectivity index (χ3v) is 3.82. The summed E-state index contributed by atoms with van der Waals surface area (Å²) < 4.78 is 16.1. The van der Waals surface area contributed by atoms with Crippen molar-refractivity contribution in [1.82, 2.24) is 0 Å². The van der Waals surface area contributed by atoms with Crippen LogP contribution in [0.1, 0.15) is 18.4 Å². The molecule has 20 heavy (non-hydrogen) atoms. The zero-order chi connectivity index (χ0) is 14.5.